The lowest BCUT2D eigenvalue weighted by Gasteiger charge is -2.19. The zero-order valence-corrected chi connectivity index (χ0v) is 16.2. The molecule has 0 spiro atoms. The summed E-state index contributed by atoms with van der Waals surface area (Å²) in [4.78, 5) is 25.3. The lowest BCUT2D eigenvalue weighted by molar-refractivity contribution is -0.137. The number of hydrogen-bond acceptors (Lipinski definition) is 5. The average molecular weight is 437 g/mol. The smallest absolute Gasteiger partial charge is 0.342 e. The Morgan fingerprint density at radius 1 is 1.20 bits per heavy atom. The van der Waals surface area contributed by atoms with Crippen LogP contribution in [0.2, 0.25) is 5.02 Å². The Morgan fingerprint density at radius 3 is 2.60 bits per heavy atom. The number of aromatic nitrogens is 5. The van der Waals surface area contributed by atoms with Gasteiger partial charge < -0.3 is 5.32 Å². The third kappa shape index (κ3) is 4.59. The molecule has 1 N–H and O–H groups in total. The van der Waals surface area contributed by atoms with Gasteiger partial charge in [-0.05, 0) is 36.6 Å². The second-order valence-corrected chi connectivity index (χ2v) is 7.45. The Kier molecular flexibility index (Phi) is 5.42. The molecule has 1 fully saturated rings. The number of amides is 1. The molecule has 1 saturated carbocycles. The molecular formula is C19H16ClF3N6O. The number of nitrogens with one attached hydrogen (secondary N) is 1. The van der Waals surface area contributed by atoms with Crippen molar-refractivity contribution < 1.29 is 18.0 Å². The van der Waals surface area contributed by atoms with E-state index in [-0.39, 0.29) is 16.5 Å². The maximum absolute atomic E-state index is 13.1. The summed E-state index contributed by atoms with van der Waals surface area (Å²) in [6.45, 7) is 0. The van der Waals surface area contributed by atoms with Crippen molar-refractivity contribution in [2.45, 2.75) is 31.5 Å². The van der Waals surface area contributed by atoms with Gasteiger partial charge in [0.25, 0.3) is 11.9 Å². The summed E-state index contributed by atoms with van der Waals surface area (Å²) in [5, 5.41) is 6.74. The molecule has 1 amide bonds. The number of carbonyl (C=O) groups is 1. The summed E-state index contributed by atoms with van der Waals surface area (Å²) in [6, 6.07) is 3.83. The normalized spacial score (nSPS) is 15.1. The minimum absolute atomic E-state index is 0.172. The van der Waals surface area contributed by atoms with Crippen molar-refractivity contribution >= 4 is 17.5 Å². The fourth-order valence-electron chi connectivity index (χ4n) is 3.08. The number of benzene rings is 1. The van der Waals surface area contributed by atoms with Gasteiger partial charge in [0.1, 0.15) is 6.33 Å². The molecule has 1 unspecified atom stereocenters. The van der Waals surface area contributed by atoms with Gasteiger partial charge >= 0.3 is 6.18 Å². The molecule has 0 radical (unpaired) electrons. The van der Waals surface area contributed by atoms with E-state index in [0.29, 0.717) is 18.2 Å². The number of carbonyl (C=O) groups excluding carboxylic acids is 1. The van der Waals surface area contributed by atoms with Crippen molar-refractivity contribution in [3.63, 3.8) is 0 Å². The van der Waals surface area contributed by atoms with E-state index in [9.17, 15) is 18.0 Å². The summed E-state index contributed by atoms with van der Waals surface area (Å²) in [6.07, 6.45) is 2.40. The standard InChI is InChI=1S/C19H16ClF3N6O/c20-14-8-12(7-13(9-14)19(21,22)23)17(30)28-15(6-11-2-3-11)16-26-10-27-29(16)18-24-4-1-5-25-18/h1,4-5,7-11,15H,2-3,6H2,(H,28,30). The SMILES string of the molecule is O=C(NC(CC1CC1)c1ncnn1-c1ncccn1)c1cc(Cl)cc(C(F)(F)F)c1. The van der Waals surface area contributed by atoms with E-state index < -0.39 is 23.7 Å². The van der Waals surface area contributed by atoms with Crippen molar-refractivity contribution in [3.8, 4) is 5.95 Å². The van der Waals surface area contributed by atoms with Crippen molar-refractivity contribution in [2.24, 2.45) is 5.92 Å². The highest BCUT2D eigenvalue weighted by Gasteiger charge is 2.33. The highest BCUT2D eigenvalue weighted by Crippen LogP contribution is 2.38. The second-order valence-electron chi connectivity index (χ2n) is 7.01. The summed E-state index contributed by atoms with van der Waals surface area (Å²) in [5.41, 5.74) is -1.17. The van der Waals surface area contributed by atoms with Crippen LogP contribution in [0.4, 0.5) is 13.2 Å². The minimum atomic E-state index is -4.61. The maximum Gasteiger partial charge on any atom is 0.416 e. The van der Waals surface area contributed by atoms with Gasteiger partial charge in [0.05, 0.1) is 11.6 Å². The van der Waals surface area contributed by atoms with E-state index in [0.717, 1.165) is 25.0 Å². The molecule has 0 bridgehead atoms. The van der Waals surface area contributed by atoms with E-state index in [1.54, 1.807) is 18.5 Å². The van der Waals surface area contributed by atoms with Crippen molar-refractivity contribution in [1.29, 1.82) is 0 Å². The second kappa shape index (κ2) is 8.02. The monoisotopic (exact) mass is 436 g/mol. The average Bonchev–Trinajstić information content (AvgIpc) is 3.39. The molecule has 0 aliphatic heterocycles. The van der Waals surface area contributed by atoms with Crippen LogP contribution in [-0.4, -0.2) is 30.6 Å². The van der Waals surface area contributed by atoms with Gasteiger partial charge in [0, 0.05) is 23.0 Å². The van der Waals surface area contributed by atoms with E-state index in [2.05, 4.69) is 25.4 Å². The molecule has 1 aliphatic rings. The maximum atomic E-state index is 13.1. The molecule has 2 aromatic heterocycles. The molecule has 3 aromatic rings. The van der Waals surface area contributed by atoms with E-state index in [4.69, 9.17) is 11.6 Å². The van der Waals surface area contributed by atoms with Crippen LogP contribution in [0, 0.1) is 5.92 Å². The van der Waals surface area contributed by atoms with Crippen LogP contribution in [0.5, 0.6) is 0 Å². The molecule has 1 aliphatic carbocycles. The Balaban J connectivity index is 1.63. The lowest BCUT2D eigenvalue weighted by atomic mass is 10.1. The zero-order chi connectivity index (χ0) is 21.3. The highest BCUT2D eigenvalue weighted by molar-refractivity contribution is 6.31. The van der Waals surface area contributed by atoms with Gasteiger partial charge in [0.2, 0.25) is 0 Å². The minimum Gasteiger partial charge on any atom is -0.342 e. The van der Waals surface area contributed by atoms with Crippen molar-refractivity contribution in [1.82, 2.24) is 30.0 Å². The highest BCUT2D eigenvalue weighted by atomic mass is 35.5. The van der Waals surface area contributed by atoms with Gasteiger partial charge in [-0.15, -0.1) is 0 Å². The predicted octanol–water partition coefficient (Wildman–Crippen LogP) is 4.00. The molecule has 30 heavy (non-hydrogen) atoms. The zero-order valence-electron chi connectivity index (χ0n) is 15.5. The van der Waals surface area contributed by atoms with Crippen LogP contribution in [0.3, 0.4) is 0 Å². The van der Waals surface area contributed by atoms with Gasteiger partial charge in [-0.2, -0.15) is 23.0 Å². The Morgan fingerprint density at radius 2 is 1.93 bits per heavy atom. The summed E-state index contributed by atoms with van der Waals surface area (Å²) >= 11 is 5.81. The van der Waals surface area contributed by atoms with Gasteiger partial charge in [0.15, 0.2) is 5.82 Å². The number of nitrogens with zero attached hydrogens (tertiary/aromatic N) is 5. The topological polar surface area (TPSA) is 85.6 Å². The van der Waals surface area contributed by atoms with E-state index in [1.807, 2.05) is 0 Å². The number of alkyl halides is 3. The number of rotatable bonds is 6. The molecule has 2 heterocycles. The van der Waals surface area contributed by atoms with Crippen LogP contribution < -0.4 is 5.32 Å². The lowest BCUT2D eigenvalue weighted by Crippen LogP contribution is -2.31. The largest absolute Gasteiger partial charge is 0.416 e. The number of hydrogen-bond donors (Lipinski definition) is 1. The van der Waals surface area contributed by atoms with E-state index in [1.165, 1.54) is 17.1 Å². The molecule has 156 valence electrons. The Bertz CT molecular complexity index is 1050. The van der Waals surface area contributed by atoms with Crippen LogP contribution in [-0.2, 0) is 6.18 Å². The Hall–Kier alpha value is -3.01. The third-order valence-electron chi connectivity index (χ3n) is 4.69. The quantitative estimate of drug-likeness (QED) is 0.631. The van der Waals surface area contributed by atoms with Crippen molar-refractivity contribution in [3.05, 3.63) is 65.0 Å². The summed E-state index contributed by atoms with van der Waals surface area (Å²) in [5.74, 6) is 0.390. The number of halogens is 4. The fourth-order valence-corrected chi connectivity index (χ4v) is 3.32. The van der Waals surface area contributed by atoms with E-state index >= 15 is 0 Å². The summed E-state index contributed by atoms with van der Waals surface area (Å²) < 4.78 is 40.7. The third-order valence-corrected chi connectivity index (χ3v) is 4.90. The molecule has 4 rings (SSSR count). The van der Waals surface area contributed by atoms with Gasteiger partial charge in [-0.1, -0.05) is 24.4 Å². The van der Waals surface area contributed by atoms with Gasteiger partial charge in [-0.3, -0.25) is 4.79 Å². The molecule has 7 nitrogen and oxygen atoms in total. The Labute approximate surface area is 174 Å². The van der Waals surface area contributed by atoms with Crippen LogP contribution >= 0.6 is 11.6 Å². The van der Waals surface area contributed by atoms with Crippen molar-refractivity contribution in [2.75, 3.05) is 0 Å². The summed E-state index contributed by atoms with van der Waals surface area (Å²) in [7, 11) is 0. The predicted molar refractivity (Wildman–Crippen MR) is 101 cm³/mol. The fraction of sp³-hybridized carbons (Fsp3) is 0.316. The molecule has 11 heteroatoms. The van der Waals surface area contributed by atoms with Crippen LogP contribution in [0.25, 0.3) is 5.95 Å². The first-order chi connectivity index (χ1) is 14.3. The first-order valence-corrected chi connectivity index (χ1v) is 9.55. The molecule has 1 atom stereocenters. The molecule has 1 aromatic carbocycles. The van der Waals surface area contributed by atoms with Crippen LogP contribution in [0.15, 0.2) is 43.0 Å². The first-order valence-electron chi connectivity index (χ1n) is 9.17. The molecule has 0 saturated heterocycles. The van der Waals surface area contributed by atoms with Gasteiger partial charge in [-0.25, -0.2) is 15.0 Å². The van der Waals surface area contributed by atoms with Crippen LogP contribution in [0.1, 0.15) is 47.1 Å². The molecular weight excluding hydrogens is 421 g/mol. The first kappa shape index (κ1) is 20.3.